The number of benzene rings is 3. The highest BCUT2D eigenvalue weighted by molar-refractivity contribution is 5.98. The molecule has 0 spiro atoms. The fourth-order valence-electron chi connectivity index (χ4n) is 5.11. The van der Waals surface area contributed by atoms with E-state index < -0.39 is 53.7 Å². The summed E-state index contributed by atoms with van der Waals surface area (Å²) >= 11 is 0. The van der Waals surface area contributed by atoms with Gasteiger partial charge in [-0.3, -0.25) is 24.0 Å². The van der Waals surface area contributed by atoms with Crippen LogP contribution in [0, 0.1) is 11.8 Å². The van der Waals surface area contributed by atoms with Crippen molar-refractivity contribution in [1.82, 2.24) is 21.3 Å². The van der Waals surface area contributed by atoms with Crippen LogP contribution in [-0.4, -0.2) is 53.7 Å². The molecular weight excluding hydrogens is 606 g/mol. The number of primary amides is 1. The average molecular weight is 654 g/mol. The lowest BCUT2D eigenvalue weighted by Crippen LogP contribution is -2.60. The molecule has 0 saturated carbocycles. The third-order valence-corrected chi connectivity index (χ3v) is 7.67. The van der Waals surface area contributed by atoms with Gasteiger partial charge in [-0.05, 0) is 41.0 Å². The predicted octanol–water partition coefficient (Wildman–Crippen LogP) is 3.31. The molecule has 3 rings (SSSR count). The van der Waals surface area contributed by atoms with Gasteiger partial charge in [0, 0.05) is 18.9 Å². The molecule has 0 fully saturated rings. The van der Waals surface area contributed by atoms with Crippen LogP contribution in [0.25, 0.3) is 6.08 Å². The molecule has 0 aliphatic carbocycles. The molecule has 10 heteroatoms. The molecule has 4 atom stereocenters. The van der Waals surface area contributed by atoms with Crippen LogP contribution < -0.4 is 27.0 Å². The number of amides is 5. The minimum absolute atomic E-state index is 0.0958. The summed E-state index contributed by atoms with van der Waals surface area (Å²) in [6.07, 6.45) is 3.67. The number of hydrogen-bond acceptors (Lipinski definition) is 5. The molecule has 0 bridgehead atoms. The highest BCUT2D eigenvalue weighted by Crippen LogP contribution is 2.11. The fraction of sp³-hybridized carbons (Fsp3) is 0.342. The van der Waals surface area contributed by atoms with E-state index in [1.54, 1.807) is 19.9 Å². The van der Waals surface area contributed by atoms with Gasteiger partial charge in [0.1, 0.15) is 24.2 Å². The van der Waals surface area contributed by atoms with Crippen molar-refractivity contribution >= 4 is 35.6 Å². The van der Waals surface area contributed by atoms with E-state index in [9.17, 15) is 24.0 Å². The van der Waals surface area contributed by atoms with E-state index in [4.69, 9.17) is 5.73 Å². The van der Waals surface area contributed by atoms with E-state index in [1.165, 1.54) is 6.08 Å². The summed E-state index contributed by atoms with van der Waals surface area (Å²) in [6.45, 7) is 7.36. The maximum absolute atomic E-state index is 13.9. The Morgan fingerprint density at radius 2 is 1.06 bits per heavy atom. The summed E-state index contributed by atoms with van der Waals surface area (Å²) in [5.74, 6) is -3.09. The molecule has 0 aliphatic heterocycles. The number of carbonyl (C=O) groups excluding carboxylic acids is 5. The van der Waals surface area contributed by atoms with Crippen molar-refractivity contribution in [2.24, 2.45) is 17.6 Å². The summed E-state index contributed by atoms with van der Waals surface area (Å²) in [5.41, 5.74) is 7.97. The van der Waals surface area contributed by atoms with Crippen LogP contribution in [0.3, 0.4) is 0 Å². The normalized spacial score (nSPS) is 13.7. The first-order chi connectivity index (χ1) is 22.9. The van der Waals surface area contributed by atoms with Gasteiger partial charge in [-0.15, -0.1) is 0 Å². The van der Waals surface area contributed by atoms with Crippen LogP contribution in [0.2, 0.25) is 0 Å². The molecule has 0 aromatic heterocycles. The zero-order chi connectivity index (χ0) is 35.1. The van der Waals surface area contributed by atoms with Gasteiger partial charge in [0.25, 0.3) is 0 Å². The summed E-state index contributed by atoms with van der Waals surface area (Å²) in [4.78, 5) is 66.1. The molecular formula is C38H47N5O5. The molecule has 254 valence electrons. The molecule has 3 aromatic carbocycles. The Labute approximate surface area is 283 Å². The van der Waals surface area contributed by atoms with E-state index in [0.29, 0.717) is 6.42 Å². The summed E-state index contributed by atoms with van der Waals surface area (Å²) in [5, 5.41) is 11.1. The Bertz CT molecular complexity index is 1530. The largest absolute Gasteiger partial charge is 0.368 e. The van der Waals surface area contributed by atoms with Crippen LogP contribution in [0.4, 0.5) is 0 Å². The topological polar surface area (TPSA) is 159 Å². The molecule has 10 nitrogen and oxygen atoms in total. The SMILES string of the molecule is CC(C)C[C@@H](NC(=O)[C@H](NC(=O)[C@@H](Cc1ccccc1)NC(=O)[C@@H](Cc1ccccc1)NC(=O)/C=C/c1ccccc1)C(C)C)C(N)=O. The van der Waals surface area contributed by atoms with Crippen molar-refractivity contribution in [2.75, 3.05) is 0 Å². The monoisotopic (exact) mass is 653 g/mol. The molecule has 48 heavy (non-hydrogen) atoms. The Hall–Kier alpha value is -5.25. The molecule has 0 heterocycles. The lowest BCUT2D eigenvalue weighted by atomic mass is 9.98. The lowest BCUT2D eigenvalue weighted by Gasteiger charge is -2.28. The van der Waals surface area contributed by atoms with Gasteiger partial charge in [-0.25, -0.2) is 0 Å². The average Bonchev–Trinajstić information content (AvgIpc) is 3.06. The highest BCUT2D eigenvalue weighted by Gasteiger charge is 2.32. The van der Waals surface area contributed by atoms with Crippen molar-refractivity contribution < 1.29 is 24.0 Å². The van der Waals surface area contributed by atoms with Crippen molar-refractivity contribution in [3.05, 3.63) is 114 Å². The maximum atomic E-state index is 13.9. The van der Waals surface area contributed by atoms with Crippen molar-refractivity contribution in [1.29, 1.82) is 0 Å². The third-order valence-electron chi connectivity index (χ3n) is 7.67. The molecule has 0 radical (unpaired) electrons. The minimum Gasteiger partial charge on any atom is -0.368 e. The summed E-state index contributed by atoms with van der Waals surface area (Å²) < 4.78 is 0. The Morgan fingerprint density at radius 3 is 1.54 bits per heavy atom. The van der Waals surface area contributed by atoms with Gasteiger partial charge in [-0.1, -0.05) is 119 Å². The van der Waals surface area contributed by atoms with Crippen LogP contribution in [0.5, 0.6) is 0 Å². The second-order valence-electron chi connectivity index (χ2n) is 12.6. The Morgan fingerprint density at radius 1 is 0.604 bits per heavy atom. The molecule has 3 aromatic rings. The minimum atomic E-state index is -1.09. The smallest absolute Gasteiger partial charge is 0.244 e. The van der Waals surface area contributed by atoms with Gasteiger partial charge in [0.2, 0.25) is 29.5 Å². The van der Waals surface area contributed by atoms with Crippen LogP contribution in [0.15, 0.2) is 97.1 Å². The molecule has 5 amide bonds. The van der Waals surface area contributed by atoms with E-state index in [-0.39, 0.29) is 24.7 Å². The third kappa shape index (κ3) is 12.5. The van der Waals surface area contributed by atoms with Crippen LogP contribution in [0.1, 0.15) is 50.8 Å². The number of nitrogens with one attached hydrogen (secondary N) is 4. The number of rotatable bonds is 17. The van der Waals surface area contributed by atoms with E-state index in [1.807, 2.05) is 105 Å². The fourth-order valence-corrected chi connectivity index (χ4v) is 5.11. The lowest BCUT2D eigenvalue weighted by molar-refractivity contribution is -0.134. The summed E-state index contributed by atoms with van der Waals surface area (Å²) in [7, 11) is 0. The molecule has 0 saturated heterocycles. The number of carbonyl (C=O) groups is 5. The molecule has 6 N–H and O–H groups in total. The number of nitrogens with two attached hydrogens (primary N) is 1. The second kappa shape index (κ2) is 18.8. The second-order valence-corrected chi connectivity index (χ2v) is 12.6. The zero-order valence-corrected chi connectivity index (χ0v) is 28.0. The van der Waals surface area contributed by atoms with Crippen LogP contribution in [-0.2, 0) is 36.8 Å². The van der Waals surface area contributed by atoms with Crippen molar-refractivity contribution in [3.63, 3.8) is 0 Å². The maximum Gasteiger partial charge on any atom is 0.244 e. The highest BCUT2D eigenvalue weighted by atomic mass is 16.2. The van der Waals surface area contributed by atoms with E-state index in [0.717, 1.165) is 16.7 Å². The molecule has 0 unspecified atom stereocenters. The van der Waals surface area contributed by atoms with Crippen LogP contribution >= 0.6 is 0 Å². The first kappa shape index (κ1) is 37.2. The standard InChI is InChI=1S/C38H47N5O5/c1-25(2)22-30(35(39)45)41-38(48)34(26(3)4)43-37(47)32(24-29-18-12-7-13-19-29)42-36(46)31(23-28-16-10-6-11-17-28)40-33(44)21-20-27-14-8-5-9-15-27/h5-21,25-26,30-32,34H,22-24H2,1-4H3,(H2,39,45)(H,40,44)(H,41,48)(H,42,46)(H,43,47)/b21-20+/t30-,31-,32-,34-/m1/s1. The van der Waals surface area contributed by atoms with E-state index in [2.05, 4.69) is 21.3 Å². The Balaban J connectivity index is 1.84. The van der Waals surface area contributed by atoms with Crippen molar-refractivity contribution in [2.45, 2.75) is 71.1 Å². The van der Waals surface area contributed by atoms with Gasteiger partial charge < -0.3 is 27.0 Å². The van der Waals surface area contributed by atoms with Crippen molar-refractivity contribution in [3.8, 4) is 0 Å². The molecule has 0 aliphatic rings. The van der Waals surface area contributed by atoms with Gasteiger partial charge in [0.15, 0.2) is 0 Å². The Kier molecular flexibility index (Phi) is 14.6. The first-order valence-corrected chi connectivity index (χ1v) is 16.2. The van der Waals surface area contributed by atoms with E-state index >= 15 is 0 Å². The number of hydrogen-bond donors (Lipinski definition) is 5. The summed E-state index contributed by atoms with van der Waals surface area (Å²) in [6, 6.07) is 23.7. The first-order valence-electron chi connectivity index (χ1n) is 16.2. The predicted molar refractivity (Wildman–Crippen MR) is 187 cm³/mol. The quantitative estimate of drug-likeness (QED) is 0.141. The van der Waals surface area contributed by atoms with Gasteiger partial charge in [-0.2, -0.15) is 0 Å². The zero-order valence-electron chi connectivity index (χ0n) is 28.0. The van der Waals surface area contributed by atoms with Gasteiger partial charge >= 0.3 is 0 Å². The van der Waals surface area contributed by atoms with Gasteiger partial charge in [0.05, 0.1) is 0 Å².